The van der Waals surface area contributed by atoms with Crippen molar-refractivity contribution in [3.63, 3.8) is 0 Å². The third-order valence-corrected chi connectivity index (χ3v) is 5.29. The molecule has 7 heteroatoms. The average molecular weight is 325 g/mol. The first-order valence-electron chi connectivity index (χ1n) is 6.94. The molecule has 0 fully saturated rings. The second-order valence-electron chi connectivity index (χ2n) is 4.68. The minimum absolute atomic E-state index is 0.194. The van der Waals surface area contributed by atoms with Crippen LogP contribution in [-0.2, 0) is 16.4 Å². The molecule has 0 saturated heterocycles. The Morgan fingerprint density at radius 2 is 2.19 bits per heavy atom. The highest BCUT2D eigenvalue weighted by Crippen LogP contribution is 2.21. The standard InChI is InChI=1S/C14H19N3O2S2/c1-2-3-10-21(18,19)16-9-7-12-11-20-14(17-12)13-6-4-5-8-15-13/h4-6,8,11,16H,2-3,7,9-10H2,1H3. The van der Waals surface area contributed by atoms with Crippen molar-refractivity contribution in [1.82, 2.24) is 14.7 Å². The Balaban J connectivity index is 1.86. The van der Waals surface area contributed by atoms with Gasteiger partial charge in [-0.2, -0.15) is 0 Å². The van der Waals surface area contributed by atoms with E-state index in [0.717, 1.165) is 22.8 Å². The first-order chi connectivity index (χ1) is 10.1. The molecular weight excluding hydrogens is 306 g/mol. The average Bonchev–Trinajstić information content (AvgIpc) is 2.95. The van der Waals surface area contributed by atoms with E-state index < -0.39 is 10.0 Å². The number of rotatable bonds is 8. The second-order valence-corrected chi connectivity index (χ2v) is 7.46. The molecule has 0 spiro atoms. The van der Waals surface area contributed by atoms with Gasteiger partial charge in [0.05, 0.1) is 17.1 Å². The summed E-state index contributed by atoms with van der Waals surface area (Å²) in [6, 6.07) is 5.70. The first kappa shape index (κ1) is 16.1. The summed E-state index contributed by atoms with van der Waals surface area (Å²) in [5.74, 6) is 0.194. The van der Waals surface area contributed by atoms with Crippen molar-refractivity contribution in [3.05, 3.63) is 35.5 Å². The molecule has 0 aliphatic carbocycles. The van der Waals surface area contributed by atoms with Gasteiger partial charge >= 0.3 is 0 Å². The van der Waals surface area contributed by atoms with Crippen LogP contribution in [0.25, 0.3) is 10.7 Å². The van der Waals surface area contributed by atoms with Gasteiger partial charge in [0, 0.05) is 24.5 Å². The van der Waals surface area contributed by atoms with Crippen LogP contribution < -0.4 is 4.72 Å². The van der Waals surface area contributed by atoms with Crippen LogP contribution in [0.4, 0.5) is 0 Å². The van der Waals surface area contributed by atoms with E-state index in [1.54, 1.807) is 6.20 Å². The van der Waals surface area contributed by atoms with E-state index in [-0.39, 0.29) is 5.75 Å². The van der Waals surface area contributed by atoms with Crippen LogP contribution >= 0.6 is 11.3 Å². The van der Waals surface area contributed by atoms with Crippen molar-refractivity contribution in [1.29, 1.82) is 0 Å². The summed E-state index contributed by atoms with van der Waals surface area (Å²) in [7, 11) is -3.15. The van der Waals surface area contributed by atoms with Crippen molar-refractivity contribution >= 4 is 21.4 Å². The maximum absolute atomic E-state index is 11.7. The topological polar surface area (TPSA) is 72.0 Å². The van der Waals surface area contributed by atoms with E-state index in [1.165, 1.54) is 11.3 Å². The van der Waals surface area contributed by atoms with Crippen molar-refractivity contribution < 1.29 is 8.42 Å². The zero-order chi connectivity index (χ0) is 15.1. The lowest BCUT2D eigenvalue weighted by Crippen LogP contribution is -2.28. The van der Waals surface area contributed by atoms with E-state index in [1.807, 2.05) is 30.5 Å². The van der Waals surface area contributed by atoms with Crippen LogP contribution in [0.2, 0.25) is 0 Å². The molecule has 21 heavy (non-hydrogen) atoms. The normalized spacial score (nSPS) is 11.7. The lowest BCUT2D eigenvalue weighted by molar-refractivity contribution is 0.578. The molecular formula is C14H19N3O2S2. The molecule has 5 nitrogen and oxygen atoms in total. The Kier molecular flexibility index (Phi) is 5.84. The quantitative estimate of drug-likeness (QED) is 0.809. The number of hydrogen-bond acceptors (Lipinski definition) is 5. The van der Waals surface area contributed by atoms with Crippen molar-refractivity contribution in [2.75, 3.05) is 12.3 Å². The third kappa shape index (κ3) is 5.18. The van der Waals surface area contributed by atoms with Gasteiger partial charge in [0.15, 0.2) is 0 Å². The van der Waals surface area contributed by atoms with Crippen LogP contribution in [0.15, 0.2) is 29.8 Å². The predicted molar refractivity (Wildman–Crippen MR) is 85.7 cm³/mol. The molecule has 0 aromatic carbocycles. The van der Waals surface area contributed by atoms with Gasteiger partial charge in [-0.3, -0.25) is 4.98 Å². The van der Waals surface area contributed by atoms with E-state index in [2.05, 4.69) is 14.7 Å². The maximum Gasteiger partial charge on any atom is 0.211 e. The molecule has 0 aliphatic heterocycles. The van der Waals surface area contributed by atoms with Crippen molar-refractivity contribution in [3.8, 4) is 10.7 Å². The molecule has 0 atom stereocenters. The van der Waals surface area contributed by atoms with Crippen LogP contribution in [0, 0.1) is 0 Å². The summed E-state index contributed by atoms with van der Waals surface area (Å²) in [5.41, 5.74) is 1.73. The number of hydrogen-bond donors (Lipinski definition) is 1. The summed E-state index contributed by atoms with van der Waals surface area (Å²) in [5, 5.41) is 2.81. The lowest BCUT2D eigenvalue weighted by Gasteiger charge is -2.04. The monoisotopic (exact) mass is 325 g/mol. The smallest absolute Gasteiger partial charge is 0.211 e. The highest BCUT2D eigenvalue weighted by atomic mass is 32.2. The van der Waals surface area contributed by atoms with Gasteiger partial charge in [-0.15, -0.1) is 11.3 Å². The Hall–Kier alpha value is -1.31. The molecule has 0 radical (unpaired) electrons. The molecule has 2 aromatic rings. The number of pyridine rings is 1. The predicted octanol–water partition coefficient (Wildman–Crippen LogP) is 2.47. The van der Waals surface area contributed by atoms with Crippen LogP contribution in [0.1, 0.15) is 25.5 Å². The molecule has 0 saturated carbocycles. The minimum Gasteiger partial charge on any atom is -0.254 e. The van der Waals surface area contributed by atoms with Crippen LogP contribution in [-0.4, -0.2) is 30.7 Å². The molecule has 0 aliphatic rings. The molecule has 2 rings (SSSR count). The van der Waals surface area contributed by atoms with E-state index >= 15 is 0 Å². The van der Waals surface area contributed by atoms with Crippen LogP contribution in [0.3, 0.4) is 0 Å². The zero-order valence-electron chi connectivity index (χ0n) is 11.9. The van der Waals surface area contributed by atoms with Crippen molar-refractivity contribution in [2.24, 2.45) is 0 Å². The van der Waals surface area contributed by atoms with Crippen LogP contribution in [0.5, 0.6) is 0 Å². The fourth-order valence-electron chi connectivity index (χ4n) is 1.77. The van der Waals surface area contributed by atoms with Gasteiger partial charge in [-0.05, 0) is 18.6 Å². The first-order valence-corrected chi connectivity index (χ1v) is 9.47. The molecule has 0 amide bonds. The molecule has 0 bridgehead atoms. The van der Waals surface area contributed by atoms with Gasteiger partial charge in [-0.25, -0.2) is 18.1 Å². The number of aromatic nitrogens is 2. The molecule has 114 valence electrons. The summed E-state index contributed by atoms with van der Waals surface area (Å²) in [4.78, 5) is 8.74. The number of sulfonamides is 1. The van der Waals surface area contributed by atoms with Gasteiger partial charge in [0.1, 0.15) is 5.01 Å². The molecule has 2 aromatic heterocycles. The number of nitrogens with zero attached hydrogens (tertiary/aromatic N) is 2. The SMILES string of the molecule is CCCCS(=O)(=O)NCCc1csc(-c2ccccn2)n1. The molecule has 1 N–H and O–H groups in total. The number of nitrogens with one attached hydrogen (secondary N) is 1. The largest absolute Gasteiger partial charge is 0.254 e. The second kappa shape index (κ2) is 7.63. The Morgan fingerprint density at radius 1 is 1.33 bits per heavy atom. The fourth-order valence-corrected chi connectivity index (χ4v) is 3.83. The fraction of sp³-hybridized carbons (Fsp3) is 0.429. The van der Waals surface area contributed by atoms with E-state index in [9.17, 15) is 8.42 Å². The van der Waals surface area contributed by atoms with Gasteiger partial charge < -0.3 is 0 Å². The van der Waals surface area contributed by atoms with Crippen molar-refractivity contribution in [2.45, 2.75) is 26.2 Å². The Labute approximate surface area is 129 Å². The highest BCUT2D eigenvalue weighted by molar-refractivity contribution is 7.89. The molecule has 0 unspecified atom stereocenters. The highest BCUT2D eigenvalue weighted by Gasteiger charge is 2.10. The zero-order valence-corrected chi connectivity index (χ0v) is 13.6. The number of thiazole rings is 1. The summed E-state index contributed by atoms with van der Waals surface area (Å²) >= 11 is 1.52. The summed E-state index contributed by atoms with van der Waals surface area (Å²) in [6.07, 6.45) is 3.89. The molecule has 2 heterocycles. The third-order valence-electron chi connectivity index (χ3n) is 2.91. The van der Waals surface area contributed by atoms with E-state index in [4.69, 9.17) is 0 Å². The Bertz CT molecular complexity index is 654. The number of unbranched alkanes of at least 4 members (excludes halogenated alkanes) is 1. The van der Waals surface area contributed by atoms with Gasteiger partial charge in [0.2, 0.25) is 10.0 Å². The summed E-state index contributed by atoms with van der Waals surface area (Å²) < 4.78 is 25.9. The Morgan fingerprint density at radius 3 is 2.90 bits per heavy atom. The summed E-state index contributed by atoms with van der Waals surface area (Å²) in [6.45, 7) is 2.36. The van der Waals surface area contributed by atoms with Gasteiger partial charge in [0.25, 0.3) is 0 Å². The minimum atomic E-state index is -3.15. The van der Waals surface area contributed by atoms with Gasteiger partial charge in [-0.1, -0.05) is 19.4 Å². The lowest BCUT2D eigenvalue weighted by atomic mass is 10.3. The van der Waals surface area contributed by atoms with E-state index in [0.29, 0.717) is 19.4 Å². The maximum atomic E-state index is 11.7.